The van der Waals surface area contributed by atoms with Gasteiger partial charge in [-0.3, -0.25) is 9.59 Å². The minimum absolute atomic E-state index is 0.0114. The molecule has 0 aromatic heterocycles. The number of amides is 1. The molecule has 1 aromatic carbocycles. The Morgan fingerprint density at radius 3 is 2.27 bits per heavy atom. The zero-order chi connectivity index (χ0) is 15.9. The minimum atomic E-state index is -0.720. The summed E-state index contributed by atoms with van der Waals surface area (Å²) in [7, 11) is 1.86. The van der Waals surface area contributed by atoms with Gasteiger partial charge in [0.1, 0.15) is 0 Å². The summed E-state index contributed by atoms with van der Waals surface area (Å²) in [6.07, 6.45) is 4.60. The summed E-state index contributed by atoms with van der Waals surface area (Å²) in [4.78, 5) is 25.2. The lowest BCUT2D eigenvalue weighted by molar-refractivity contribution is -0.145. The molecule has 0 unspecified atom stereocenters. The first-order valence-electron chi connectivity index (χ1n) is 8.09. The number of aliphatic carboxylic acids is 1. The summed E-state index contributed by atoms with van der Waals surface area (Å²) in [6.45, 7) is 0.757. The summed E-state index contributed by atoms with van der Waals surface area (Å²) < 4.78 is 0. The van der Waals surface area contributed by atoms with E-state index in [4.69, 9.17) is 5.11 Å². The predicted molar refractivity (Wildman–Crippen MR) is 85.5 cm³/mol. The van der Waals surface area contributed by atoms with Crippen LogP contribution in [0.15, 0.2) is 30.3 Å². The Morgan fingerprint density at radius 1 is 1.09 bits per heavy atom. The standard InChI is InChI=1S/C18H25NO3/c1-19(13-5-8-14-6-3-2-4-7-14)17(20)15-9-11-16(12-10-15)18(21)22/h2-4,6-7,15-16H,5,8-13H2,1H3,(H,21,22). The van der Waals surface area contributed by atoms with Crippen molar-refractivity contribution in [2.24, 2.45) is 11.8 Å². The van der Waals surface area contributed by atoms with E-state index in [-0.39, 0.29) is 17.7 Å². The number of carboxylic acids is 1. The number of rotatable bonds is 6. The number of carboxylic acid groups (broad SMARTS) is 1. The molecule has 4 heteroatoms. The van der Waals surface area contributed by atoms with Crippen molar-refractivity contribution >= 4 is 11.9 Å². The third kappa shape index (κ3) is 4.58. The summed E-state index contributed by atoms with van der Waals surface area (Å²) in [5.41, 5.74) is 1.30. The topological polar surface area (TPSA) is 57.6 Å². The van der Waals surface area contributed by atoms with Gasteiger partial charge in [-0.2, -0.15) is 0 Å². The molecule has 1 aliphatic rings. The summed E-state index contributed by atoms with van der Waals surface area (Å²) in [6, 6.07) is 10.3. The lowest BCUT2D eigenvalue weighted by Crippen LogP contribution is -2.36. The number of hydrogen-bond acceptors (Lipinski definition) is 2. The third-order valence-corrected chi connectivity index (χ3v) is 4.60. The fraction of sp³-hybridized carbons (Fsp3) is 0.556. The summed E-state index contributed by atoms with van der Waals surface area (Å²) in [5.74, 6) is -0.788. The molecule has 1 aromatic rings. The predicted octanol–water partition coefficient (Wildman–Crippen LogP) is 2.97. The molecule has 1 N–H and O–H groups in total. The van der Waals surface area contributed by atoms with Crippen LogP contribution in [0.1, 0.15) is 37.7 Å². The largest absolute Gasteiger partial charge is 0.481 e. The van der Waals surface area contributed by atoms with Gasteiger partial charge in [0.15, 0.2) is 0 Å². The summed E-state index contributed by atoms with van der Waals surface area (Å²) in [5, 5.41) is 9.00. The van der Waals surface area contributed by atoms with Crippen molar-refractivity contribution < 1.29 is 14.7 Å². The van der Waals surface area contributed by atoms with Gasteiger partial charge in [-0.25, -0.2) is 0 Å². The highest BCUT2D eigenvalue weighted by Crippen LogP contribution is 2.30. The number of benzene rings is 1. The Kier molecular flexibility index (Phi) is 5.99. The quantitative estimate of drug-likeness (QED) is 0.879. The molecule has 1 saturated carbocycles. The highest BCUT2D eigenvalue weighted by atomic mass is 16.4. The maximum Gasteiger partial charge on any atom is 0.306 e. The van der Waals surface area contributed by atoms with Crippen LogP contribution in [0.3, 0.4) is 0 Å². The second-order valence-corrected chi connectivity index (χ2v) is 6.24. The third-order valence-electron chi connectivity index (χ3n) is 4.60. The molecule has 4 nitrogen and oxygen atoms in total. The number of aryl methyl sites for hydroxylation is 1. The average molecular weight is 303 g/mol. The SMILES string of the molecule is CN(CCCc1ccccc1)C(=O)C1CCC(C(=O)O)CC1. The van der Waals surface area contributed by atoms with E-state index < -0.39 is 5.97 Å². The van der Waals surface area contributed by atoms with Crippen LogP contribution in [-0.4, -0.2) is 35.5 Å². The van der Waals surface area contributed by atoms with Crippen LogP contribution in [0, 0.1) is 11.8 Å². The van der Waals surface area contributed by atoms with Crippen molar-refractivity contribution in [3.63, 3.8) is 0 Å². The van der Waals surface area contributed by atoms with Crippen LogP contribution in [0.4, 0.5) is 0 Å². The average Bonchev–Trinajstić information content (AvgIpc) is 2.55. The van der Waals surface area contributed by atoms with Crippen LogP contribution in [0.25, 0.3) is 0 Å². The maximum atomic E-state index is 12.4. The molecule has 0 atom stereocenters. The van der Waals surface area contributed by atoms with Crippen LogP contribution in [-0.2, 0) is 16.0 Å². The molecule has 22 heavy (non-hydrogen) atoms. The van der Waals surface area contributed by atoms with Gasteiger partial charge >= 0.3 is 5.97 Å². The molecule has 1 fully saturated rings. The minimum Gasteiger partial charge on any atom is -0.481 e. The van der Waals surface area contributed by atoms with Gasteiger partial charge in [-0.1, -0.05) is 30.3 Å². The number of nitrogens with zero attached hydrogens (tertiary/aromatic N) is 1. The van der Waals surface area contributed by atoms with E-state index in [1.54, 1.807) is 0 Å². The molecule has 120 valence electrons. The fourth-order valence-electron chi connectivity index (χ4n) is 3.17. The van der Waals surface area contributed by atoms with E-state index in [9.17, 15) is 9.59 Å². The first-order valence-corrected chi connectivity index (χ1v) is 8.09. The first kappa shape index (κ1) is 16.5. The Hall–Kier alpha value is -1.84. The van der Waals surface area contributed by atoms with Crippen molar-refractivity contribution in [1.29, 1.82) is 0 Å². The number of carbonyl (C=O) groups excluding carboxylic acids is 1. The molecule has 1 amide bonds. The molecular formula is C18H25NO3. The van der Waals surface area contributed by atoms with Crippen molar-refractivity contribution in [3.05, 3.63) is 35.9 Å². The molecule has 0 heterocycles. The van der Waals surface area contributed by atoms with Crippen molar-refractivity contribution in [1.82, 2.24) is 4.90 Å². The zero-order valence-corrected chi connectivity index (χ0v) is 13.2. The van der Waals surface area contributed by atoms with Gasteiger partial charge in [0.25, 0.3) is 0 Å². The molecule has 0 saturated heterocycles. The van der Waals surface area contributed by atoms with Gasteiger partial charge in [0, 0.05) is 19.5 Å². The molecule has 1 aliphatic carbocycles. The molecule has 0 aliphatic heterocycles. The first-order chi connectivity index (χ1) is 10.6. The van der Waals surface area contributed by atoms with Crippen LogP contribution in [0.2, 0.25) is 0 Å². The van der Waals surface area contributed by atoms with Crippen molar-refractivity contribution in [2.75, 3.05) is 13.6 Å². The van der Waals surface area contributed by atoms with Gasteiger partial charge in [-0.15, -0.1) is 0 Å². The number of carbonyl (C=O) groups is 2. The normalized spacial score (nSPS) is 21.3. The lowest BCUT2D eigenvalue weighted by atomic mass is 9.81. The summed E-state index contributed by atoms with van der Waals surface area (Å²) >= 11 is 0. The van der Waals surface area contributed by atoms with Gasteiger partial charge < -0.3 is 10.0 Å². The highest BCUT2D eigenvalue weighted by Gasteiger charge is 2.30. The smallest absolute Gasteiger partial charge is 0.306 e. The highest BCUT2D eigenvalue weighted by molar-refractivity contribution is 5.79. The Bertz CT molecular complexity index is 492. The Labute approximate surface area is 132 Å². The molecule has 0 spiro atoms. The van der Waals surface area contributed by atoms with E-state index >= 15 is 0 Å². The second-order valence-electron chi connectivity index (χ2n) is 6.24. The van der Waals surface area contributed by atoms with Gasteiger partial charge in [-0.05, 0) is 44.1 Å². The van der Waals surface area contributed by atoms with E-state index in [1.165, 1.54) is 5.56 Å². The van der Waals surface area contributed by atoms with Crippen LogP contribution in [0.5, 0.6) is 0 Å². The second kappa shape index (κ2) is 7.97. The monoisotopic (exact) mass is 303 g/mol. The van der Waals surface area contributed by atoms with E-state index in [1.807, 2.05) is 30.1 Å². The van der Waals surface area contributed by atoms with Crippen molar-refractivity contribution in [2.45, 2.75) is 38.5 Å². The molecule has 2 rings (SSSR count). The maximum absolute atomic E-state index is 12.4. The van der Waals surface area contributed by atoms with E-state index in [0.29, 0.717) is 25.7 Å². The molecule has 0 bridgehead atoms. The lowest BCUT2D eigenvalue weighted by Gasteiger charge is -2.29. The molecular weight excluding hydrogens is 278 g/mol. The molecule has 0 radical (unpaired) electrons. The van der Waals surface area contributed by atoms with Crippen molar-refractivity contribution in [3.8, 4) is 0 Å². The Morgan fingerprint density at radius 2 is 1.68 bits per heavy atom. The fourth-order valence-corrected chi connectivity index (χ4v) is 3.17. The van der Waals surface area contributed by atoms with E-state index in [0.717, 1.165) is 19.4 Å². The number of hydrogen-bond donors (Lipinski definition) is 1. The Balaban J connectivity index is 1.72. The van der Waals surface area contributed by atoms with Crippen LogP contribution >= 0.6 is 0 Å². The van der Waals surface area contributed by atoms with E-state index in [2.05, 4.69) is 12.1 Å². The van der Waals surface area contributed by atoms with Gasteiger partial charge in [0.2, 0.25) is 5.91 Å². The zero-order valence-electron chi connectivity index (χ0n) is 13.2. The van der Waals surface area contributed by atoms with Gasteiger partial charge in [0.05, 0.1) is 5.92 Å². The van der Waals surface area contributed by atoms with Crippen LogP contribution < -0.4 is 0 Å².